The number of aromatic nitrogens is 3. The van der Waals surface area contributed by atoms with Gasteiger partial charge in [-0.1, -0.05) is 36.4 Å². The minimum atomic E-state index is -0.589. The number of pyridine rings is 1. The van der Waals surface area contributed by atoms with Crippen LogP contribution >= 0.6 is 0 Å². The molecule has 0 bridgehead atoms. The summed E-state index contributed by atoms with van der Waals surface area (Å²) in [7, 11) is 1.50. The molecule has 2 N–H and O–H groups in total. The molecule has 1 amide bonds. The highest BCUT2D eigenvalue weighted by atomic mass is 16.2. The van der Waals surface area contributed by atoms with Gasteiger partial charge >= 0.3 is 5.69 Å². The zero-order chi connectivity index (χ0) is 22.8. The molecule has 0 aliphatic rings. The molecule has 2 aromatic heterocycles. The van der Waals surface area contributed by atoms with Crippen LogP contribution < -0.4 is 16.6 Å². The van der Waals surface area contributed by atoms with Crippen LogP contribution in [0.2, 0.25) is 0 Å². The van der Waals surface area contributed by atoms with Crippen molar-refractivity contribution in [3.8, 4) is 17.2 Å². The van der Waals surface area contributed by atoms with Crippen molar-refractivity contribution in [2.75, 3.05) is 0 Å². The Hall–Kier alpha value is -4.51. The fraction of sp³-hybridized carbons (Fsp3) is 0.125. The summed E-state index contributed by atoms with van der Waals surface area (Å²) in [6, 6.07) is 18.3. The van der Waals surface area contributed by atoms with Gasteiger partial charge in [0, 0.05) is 13.2 Å². The maximum absolute atomic E-state index is 12.7. The third-order valence-electron chi connectivity index (χ3n) is 5.30. The summed E-state index contributed by atoms with van der Waals surface area (Å²) in [6.07, 6.45) is 1.34. The lowest BCUT2D eigenvalue weighted by atomic mass is 10.00. The van der Waals surface area contributed by atoms with E-state index in [0.717, 1.165) is 16.7 Å². The number of rotatable bonds is 4. The first-order valence-corrected chi connectivity index (χ1v) is 9.88. The second kappa shape index (κ2) is 8.32. The molecular formula is C24H19N5O3. The number of nitrogens with zero attached hydrogens (tertiary/aromatic N) is 3. The number of fused-ring (bicyclic) bond motifs is 1. The second-order valence-corrected chi connectivity index (χ2v) is 7.42. The van der Waals surface area contributed by atoms with Gasteiger partial charge in [0.2, 0.25) is 0 Å². The average molecular weight is 425 g/mol. The van der Waals surface area contributed by atoms with E-state index in [1.54, 1.807) is 6.07 Å². The molecule has 0 aliphatic heterocycles. The molecule has 2 aromatic carbocycles. The molecule has 2 heterocycles. The lowest BCUT2D eigenvalue weighted by Gasteiger charge is -2.15. The molecule has 0 radical (unpaired) electrons. The van der Waals surface area contributed by atoms with Crippen LogP contribution in [0.25, 0.3) is 22.2 Å². The van der Waals surface area contributed by atoms with Crippen LogP contribution in [0.4, 0.5) is 0 Å². The van der Waals surface area contributed by atoms with Crippen molar-refractivity contribution in [1.29, 1.82) is 5.26 Å². The van der Waals surface area contributed by atoms with Crippen molar-refractivity contribution in [3.63, 3.8) is 0 Å². The van der Waals surface area contributed by atoms with Gasteiger partial charge in [-0.25, -0.2) is 9.78 Å². The molecule has 158 valence electrons. The Morgan fingerprint density at radius 3 is 2.59 bits per heavy atom. The smallest absolute Gasteiger partial charge is 0.329 e. The third-order valence-corrected chi connectivity index (χ3v) is 5.30. The lowest BCUT2D eigenvalue weighted by molar-refractivity contribution is 0.0939. The van der Waals surface area contributed by atoms with Crippen LogP contribution in [0.3, 0.4) is 0 Å². The molecule has 4 aromatic rings. The molecule has 1 unspecified atom stereocenters. The standard InChI is InChI=1S/C24H19N5O3/c1-14(16-6-8-17(9-7-16)18-5-3-4-15(10-18)12-25)27-22(30)19-11-20-21(26-13-19)29(2)24(32)28-23(20)31/h3-11,13-14H,1-2H3,(H,27,30)(H,28,31,32). The number of aryl methyl sites for hydroxylation is 1. The van der Waals surface area contributed by atoms with Gasteiger partial charge in [-0.2, -0.15) is 5.26 Å². The van der Waals surface area contributed by atoms with Crippen molar-refractivity contribution >= 4 is 16.9 Å². The summed E-state index contributed by atoms with van der Waals surface area (Å²) in [4.78, 5) is 42.9. The van der Waals surface area contributed by atoms with Gasteiger partial charge in [-0.3, -0.25) is 19.1 Å². The molecule has 4 rings (SSSR count). The lowest BCUT2D eigenvalue weighted by Crippen LogP contribution is -2.30. The Morgan fingerprint density at radius 2 is 1.88 bits per heavy atom. The van der Waals surface area contributed by atoms with E-state index in [1.165, 1.54) is 23.9 Å². The SMILES string of the molecule is CC(NC(=O)c1cnc2c(c1)c(=O)[nH]c(=O)n2C)c1ccc(-c2cccc(C#N)c2)cc1. The number of aromatic amines is 1. The van der Waals surface area contributed by atoms with E-state index in [4.69, 9.17) is 5.26 Å². The predicted molar refractivity (Wildman–Crippen MR) is 120 cm³/mol. The van der Waals surface area contributed by atoms with E-state index in [9.17, 15) is 14.4 Å². The number of H-pyrrole nitrogens is 1. The molecule has 0 spiro atoms. The van der Waals surface area contributed by atoms with E-state index >= 15 is 0 Å². The maximum Gasteiger partial charge on any atom is 0.329 e. The van der Waals surface area contributed by atoms with Crippen molar-refractivity contribution in [1.82, 2.24) is 19.9 Å². The molecule has 0 fully saturated rings. The highest BCUT2D eigenvalue weighted by molar-refractivity contribution is 5.96. The first-order chi connectivity index (χ1) is 15.4. The molecule has 32 heavy (non-hydrogen) atoms. The first-order valence-electron chi connectivity index (χ1n) is 9.88. The molecule has 0 aliphatic carbocycles. The molecule has 0 saturated heterocycles. The molecule has 1 atom stereocenters. The van der Waals surface area contributed by atoms with E-state index in [2.05, 4.69) is 21.4 Å². The highest BCUT2D eigenvalue weighted by Crippen LogP contribution is 2.23. The van der Waals surface area contributed by atoms with Crippen molar-refractivity contribution in [3.05, 3.63) is 98.3 Å². The van der Waals surface area contributed by atoms with Crippen LogP contribution in [0, 0.1) is 11.3 Å². The van der Waals surface area contributed by atoms with Crippen molar-refractivity contribution in [2.24, 2.45) is 7.05 Å². The van der Waals surface area contributed by atoms with Gasteiger partial charge in [-0.15, -0.1) is 0 Å². The fourth-order valence-electron chi connectivity index (χ4n) is 3.46. The Labute approximate surface area is 182 Å². The minimum Gasteiger partial charge on any atom is -0.345 e. The van der Waals surface area contributed by atoms with Crippen LogP contribution in [-0.2, 0) is 7.05 Å². The zero-order valence-corrected chi connectivity index (χ0v) is 17.4. The highest BCUT2D eigenvalue weighted by Gasteiger charge is 2.15. The summed E-state index contributed by atoms with van der Waals surface area (Å²) in [5, 5.41) is 12.1. The number of nitriles is 1. The first kappa shape index (κ1) is 20.8. The van der Waals surface area contributed by atoms with Gasteiger partial charge < -0.3 is 5.32 Å². The van der Waals surface area contributed by atoms with Crippen LogP contribution in [0.1, 0.15) is 34.5 Å². The largest absolute Gasteiger partial charge is 0.345 e. The van der Waals surface area contributed by atoms with Crippen LogP contribution in [0.5, 0.6) is 0 Å². The van der Waals surface area contributed by atoms with Crippen molar-refractivity contribution in [2.45, 2.75) is 13.0 Å². The summed E-state index contributed by atoms with van der Waals surface area (Å²) >= 11 is 0. The minimum absolute atomic E-state index is 0.163. The van der Waals surface area contributed by atoms with Gasteiger partial charge in [-0.05, 0) is 41.8 Å². The van der Waals surface area contributed by atoms with Gasteiger partial charge in [0.25, 0.3) is 11.5 Å². The summed E-state index contributed by atoms with van der Waals surface area (Å²) in [5.41, 5.74) is 2.67. The molecular weight excluding hydrogens is 406 g/mol. The van der Waals surface area contributed by atoms with Crippen LogP contribution in [0.15, 0.2) is 70.4 Å². The number of hydrogen-bond donors (Lipinski definition) is 2. The topological polar surface area (TPSA) is 121 Å². The monoisotopic (exact) mass is 425 g/mol. The quantitative estimate of drug-likeness (QED) is 0.521. The molecule has 8 nitrogen and oxygen atoms in total. The number of carbonyl (C=O) groups is 1. The Kier molecular flexibility index (Phi) is 5.39. The Morgan fingerprint density at radius 1 is 1.12 bits per heavy atom. The van der Waals surface area contributed by atoms with E-state index in [0.29, 0.717) is 5.56 Å². The zero-order valence-electron chi connectivity index (χ0n) is 17.4. The number of carbonyl (C=O) groups excluding carboxylic acids is 1. The van der Waals surface area contributed by atoms with E-state index in [1.807, 2.05) is 49.4 Å². The number of nitrogens with one attached hydrogen (secondary N) is 2. The maximum atomic E-state index is 12.7. The molecule has 0 saturated carbocycles. The van der Waals surface area contributed by atoms with E-state index in [-0.39, 0.29) is 28.5 Å². The number of hydrogen-bond acceptors (Lipinski definition) is 5. The fourth-order valence-corrected chi connectivity index (χ4v) is 3.46. The van der Waals surface area contributed by atoms with E-state index < -0.39 is 11.2 Å². The third kappa shape index (κ3) is 3.91. The van der Waals surface area contributed by atoms with Crippen LogP contribution in [-0.4, -0.2) is 20.4 Å². The summed E-state index contributed by atoms with van der Waals surface area (Å²) in [5.74, 6) is -0.383. The van der Waals surface area contributed by atoms with Crippen molar-refractivity contribution < 1.29 is 4.79 Å². The Balaban J connectivity index is 1.54. The Bertz CT molecular complexity index is 1490. The average Bonchev–Trinajstić information content (AvgIpc) is 2.82. The molecule has 8 heteroatoms. The normalized spacial score (nSPS) is 11.7. The predicted octanol–water partition coefficient (Wildman–Crippen LogP) is 2.65. The number of amides is 1. The van der Waals surface area contributed by atoms with Gasteiger partial charge in [0.1, 0.15) is 5.65 Å². The summed E-state index contributed by atoms with van der Waals surface area (Å²) < 4.78 is 1.22. The number of benzene rings is 2. The second-order valence-electron chi connectivity index (χ2n) is 7.42. The summed E-state index contributed by atoms with van der Waals surface area (Å²) in [6.45, 7) is 1.86. The van der Waals surface area contributed by atoms with Gasteiger partial charge in [0.05, 0.1) is 28.6 Å². The van der Waals surface area contributed by atoms with Gasteiger partial charge in [0.15, 0.2) is 0 Å².